The van der Waals surface area contributed by atoms with Gasteiger partial charge in [-0.15, -0.1) is 0 Å². The summed E-state index contributed by atoms with van der Waals surface area (Å²) in [6.45, 7) is 3.71. The minimum absolute atomic E-state index is 0.0420. The van der Waals surface area contributed by atoms with Gasteiger partial charge in [-0.3, -0.25) is 0 Å². The molecule has 1 fully saturated rings. The summed E-state index contributed by atoms with van der Waals surface area (Å²) in [5.41, 5.74) is 0.485. The molecule has 0 aromatic heterocycles. The molecule has 1 aliphatic rings. The smallest absolute Gasteiger partial charge is 0.240 e. The third kappa shape index (κ3) is 3.27. The number of sulfonamides is 1. The van der Waals surface area contributed by atoms with Crippen molar-refractivity contribution >= 4 is 27.5 Å². The minimum Gasteiger partial charge on any atom is -0.367 e. The number of hydrogen-bond donors (Lipinski definition) is 1. The van der Waals surface area contributed by atoms with Crippen LogP contribution in [0.3, 0.4) is 0 Å². The van der Waals surface area contributed by atoms with Crippen molar-refractivity contribution in [2.45, 2.75) is 23.5 Å². The van der Waals surface area contributed by atoms with E-state index < -0.39 is 15.8 Å². The van der Waals surface area contributed by atoms with Crippen LogP contribution in [0.25, 0.3) is 0 Å². The molecule has 1 aromatic carbocycles. The van der Waals surface area contributed by atoms with Gasteiger partial charge in [-0.2, -0.15) is 11.8 Å². The lowest BCUT2D eigenvalue weighted by atomic mass is 10.2. The molecule has 1 heterocycles. The van der Waals surface area contributed by atoms with Crippen LogP contribution in [0, 0.1) is 5.82 Å². The Kier molecular flexibility index (Phi) is 4.93. The van der Waals surface area contributed by atoms with Crippen molar-refractivity contribution in [2.75, 3.05) is 30.8 Å². The predicted octanol–water partition coefficient (Wildman–Crippen LogP) is 2.07. The lowest BCUT2D eigenvalue weighted by molar-refractivity contribution is 0.582. The van der Waals surface area contributed by atoms with Gasteiger partial charge in [0, 0.05) is 24.1 Å². The fourth-order valence-corrected chi connectivity index (χ4v) is 4.14. The van der Waals surface area contributed by atoms with Crippen LogP contribution >= 0.6 is 11.8 Å². The zero-order valence-corrected chi connectivity index (χ0v) is 13.2. The summed E-state index contributed by atoms with van der Waals surface area (Å²) in [6, 6.07) is 4.10. The molecule has 1 N–H and O–H groups in total. The van der Waals surface area contributed by atoms with Gasteiger partial charge >= 0.3 is 0 Å². The van der Waals surface area contributed by atoms with Gasteiger partial charge in [-0.1, -0.05) is 6.92 Å². The van der Waals surface area contributed by atoms with Gasteiger partial charge in [0.15, 0.2) is 0 Å². The topological polar surface area (TPSA) is 49.4 Å². The summed E-state index contributed by atoms with van der Waals surface area (Å²) in [5, 5.41) is 0.504. The maximum absolute atomic E-state index is 14.2. The third-order valence-corrected chi connectivity index (χ3v) is 6.22. The average Bonchev–Trinajstić information content (AvgIpc) is 2.47. The Morgan fingerprint density at radius 3 is 2.85 bits per heavy atom. The molecule has 2 rings (SSSR count). The van der Waals surface area contributed by atoms with E-state index in [1.807, 2.05) is 16.7 Å². The number of benzene rings is 1. The molecule has 1 atom stereocenters. The van der Waals surface area contributed by atoms with E-state index in [1.54, 1.807) is 6.07 Å². The molecule has 0 radical (unpaired) electrons. The predicted molar refractivity (Wildman–Crippen MR) is 81.4 cm³/mol. The van der Waals surface area contributed by atoms with Crippen LogP contribution in [0.1, 0.15) is 13.3 Å². The second-order valence-corrected chi connectivity index (χ2v) is 7.96. The second-order valence-electron chi connectivity index (χ2n) is 4.67. The number of thioether (sulfide) groups is 1. The normalized spacial score (nSPS) is 20.1. The summed E-state index contributed by atoms with van der Waals surface area (Å²) in [5.74, 6) is 0.484. The summed E-state index contributed by atoms with van der Waals surface area (Å²) in [6.07, 6.45) is 1.05. The van der Waals surface area contributed by atoms with Gasteiger partial charge in [-0.25, -0.2) is 17.5 Å². The maximum atomic E-state index is 14.2. The van der Waals surface area contributed by atoms with E-state index in [2.05, 4.69) is 11.6 Å². The summed E-state index contributed by atoms with van der Waals surface area (Å²) in [7, 11) is -2.28. The van der Waals surface area contributed by atoms with Gasteiger partial charge in [-0.05, 0) is 31.7 Å². The van der Waals surface area contributed by atoms with E-state index >= 15 is 0 Å². The molecule has 4 nitrogen and oxygen atoms in total. The molecular formula is C13H19FN2O2S2. The second kappa shape index (κ2) is 6.32. The van der Waals surface area contributed by atoms with Crippen molar-refractivity contribution in [1.29, 1.82) is 0 Å². The fourth-order valence-electron chi connectivity index (χ4n) is 2.21. The number of hydrogen-bond acceptors (Lipinski definition) is 4. The zero-order valence-electron chi connectivity index (χ0n) is 11.6. The maximum Gasteiger partial charge on any atom is 0.240 e. The summed E-state index contributed by atoms with van der Waals surface area (Å²) < 4.78 is 39.7. The fraction of sp³-hybridized carbons (Fsp3) is 0.538. The van der Waals surface area contributed by atoms with Gasteiger partial charge in [0.1, 0.15) is 5.82 Å². The molecular weight excluding hydrogens is 299 g/mol. The highest BCUT2D eigenvalue weighted by atomic mass is 32.2. The Morgan fingerprint density at radius 1 is 1.50 bits per heavy atom. The SMILES string of the molecule is CCC1CN(c2ccc(S(=O)(=O)NC)cc2F)CCS1. The lowest BCUT2D eigenvalue weighted by Gasteiger charge is -2.33. The number of rotatable bonds is 4. The van der Waals surface area contributed by atoms with Crippen molar-refractivity contribution in [2.24, 2.45) is 0 Å². The molecule has 7 heteroatoms. The van der Waals surface area contributed by atoms with Crippen molar-refractivity contribution < 1.29 is 12.8 Å². The van der Waals surface area contributed by atoms with Crippen molar-refractivity contribution in [1.82, 2.24) is 4.72 Å². The third-order valence-electron chi connectivity index (χ3n) is 3.43. The number of halogens is 1. The van der Waals surface area contributed by atoms with Crippen molar-refractivity contribution in [3.05, 3.63) is 24.0 Å². The highest BCUT2D eigenvalue weighted by molar-refractivity contribution is 8.00. The summed E-state index contributed by atoms with van der Waals surface area (Å²) >= 11 is 1.91. The Hall–Kier alpha value is -0.790. The molecule has 0 bridgehead atoms. The Balaban J connectivity index is 2.26. The van der Waals surface area contributed by atoms with Crippen LogP contribution in [0.4, 0.5) is 10.1 Å². The number of anilines is 1. The zero-order chi connectivity index (χ0) is 14.8. The van der Waals surface area contributed by atoms with Gasteiger partial charge in [0.25, 0.3) is 0 Å². The Labute approximate surface area is 123 Å². The first-order chi connectivity index (χ1) is 9.47. The molecule has 0 aliphatic carbocycles. The van der Waals surface area contributed by atoms with Crippen molar-refractivity contribution in [3.63, 3.8) is 0 Å². The first-order valence-corrected chi connectivity index (χ1v) is 9.10. The average molecular weight is 318 g/mol. The molecule has 1 unspecified atom stereocenters. The molecule has 0 spiro atoms. The molecule has 1 aromatic rings. The molecule has 0 saturated carbocycles. The Morgan fingerprint density at radius 2 is 2.25 bits per heavy atom. The standard InChI is InChI=1S/C13H19FN2O2S2/c1-3-10-9-16(6-7-19-10)13-5-4-11(8-12(13)14)20(17,18)15-2/h4-5,8,10,15H,3,6-7,9H2,1-2H3. The largest absolute Gasteiger partial charge is 0.367 e. The van der Waals surface area contributed by atoms with Crippen molar-refractivity contribution in [3.8, 4) is 0 Å². The quantitative estimate of drug-likeness (QED) is 0.923. The van der Waals surface area contributed by atoms with E-state index in [0.717, 1.165) is 31.3 Å². The van der Waals surface area contributed by atoms with Crippen LogP contribution in [0.2, 0.25) is 0 Å². The molecule has 1 aliphatic heterocycles. The number of nitrogens with zero attached hydrogens (tertiary/aromatic N) is 1. The van der Waals surface area contributed by atoms with Crippen LogP contribution in [-0.4, -0.2) is 39.6 Å². The molecule has 0 amide bonds. The van der Waals surface area contributed by atoms with Crippen LogP contribution in [0.5, 0.6) is 0 Å². The first-order valence-electron chi connectivity index (χ1n) is 6.57. The van der Waals surface area contributed by atoms with Gasteiger partial charge in [0.05, 0.1) is 10.6 Å². The monoisotopic (exact) mass is 318 g/mol. The molecule has 112 valence electrons. The van der Waals surface area contributed by atoms with E-state index in [-0.39, 0.29) is 4.90 Å². The first kappa shape index (κ1) is 15.6. The van der Waals surface area contributed by atoms with Gasteiger partial charge in [0.2, 0.25) is 10.0 Å². The summed E-state index contributed by atoms with van der Waals surface area (Å²) in [4.78, 5) is 1.95. The molecule has 1 saturated heterocycles. The van der Waals surface area contributed by atoms with Crippen LogP contribution < -0.4 is 9.62 Å². The van der Waals surface area contributed by atoms with E-state index in [1.165, 1.54) is 13.1 Å². The van der Waals surface area contributed by atoms with E-state index in [9.17, 15) is 12.8 Å². The number of nitrogens with one attached hydrogen (secondary N) is 1. The van der Waals surface area contributed by atoms with E-state index in [4.69, 9.17) is 0 Å². The highest BCUT2D eigenvalue weighted by Crippen LogP contribution is 2.28. The van der Waals surface area contributed by atoms with Gasteiger partial charge < -0.3 is 4.90 Å². The Bertz CT molecular complexity index is 578. The molecule has 20 heavy (non-hydrogen) atoms. The highest BCUT2D eigenvalue weighted by Gasteiger charge is 2.22. The lowest BCUT2D eigenvalue weighted by Crippen LogP contribution is -2.38. The van der Waals surface area contributed by atoms with Crippen LogP contribution in [-0.2, 0) is 10.0 Å². The van der Waals surface area contributed by atoms with Crippen LogP contribution in [0.15, 0.2) is 23.1 Å². The van der Waals surface area contributed by atoms with E-state index in [0.29, 0.717) is 10.9 Å². The minimum atomic E-state index is -3.60.